The third-order valence-corrected chi connectivity index (χ3v) is 3.25. The Bertz CT molecular complexity index is 684. The molecule has 0 spiro atoms. The first-order chi connectivity index (χ1) is 11.0. The fourth-order valence-corrected chi connectivity index (χ4v) is 2.03. The van der Waals surface area contributed by atoms with Crippen molar-refractivity contribution < 1.29 is 23.1 Å². The largest absolute Gasteiger partial charge is 0.467 e. The summed E-state index contributed by atoms with van der Waals surface area (Å²) in [5.41, 5.74) is 0.889. The van der Waals surface area contributed by atoms with Gasteiger partial charge in [-0.05, 0) is 42.0 Å². The highest BCUT2D eigenvalue weighted by Gasteiger charge is 2.22. The molecule has 0 aliphatic rings. The van der Waals surface area contributed by atoms with E-state index in [1.165, 1.54) is 43.5 Å². The van der Waals surface area contributed by atoms with E-state index < -0.39 is 29.6 Å². The summed E-state index contributed by atoms with van der Waals surface area (Å²) in [5.74, 6) is -2.00. The first-order valence-corrected chi connectivity index (χ1v) is 6.88. The summed E-state index contributed by atoms with van der Waals surface area (Å²) in [5, 5.41) is 2.54. The summed E-state index contributed by atoms with van der Waals surface area (Å²) in [6, 6.07) is 9.60. The molecule has 2 aromatic rings. The summed E-state index contributed by atoms with van der Waals surface area (Å²) >= 11 is 0. The first-order valence-electron chi connectivity index (χ1n) is 6.88. The van der Waals surface area contributed by atoms with Crippen molar-refractivity contribution in [3.8, 4) is 0 Å². The van der Waals surface area contributed by atoms with E-state index in [9.17, 15) is 18.4 Å². The van der Waals surface area contributed by atoms with Crippen LogP contribution in [0.3, 0.4) is 0 Å². The molecule has 0 aliphatic heterocycles. The smallest absolute Gasteiger partial charge is 0.328 e. The molecule has 0 saturated heterocycles. The standard InChI is InChI=1S/C17H15F2NO3/c1-23-17(22)15(10-11-2-6-13(18)7-3-11)20-16(21)12-4-8-14(19)9-5-12/h2-9,15H,10H2,1H3,(H,20,21)/t15-/m0/s1. The Kier molecular flexibility index (Phi) is 5.41. The Morgan fingerprint density at radius 2 is 1.52 bits per heavy atom. The van der Waals surface area contributed by atoms with Crippen LogP contribution in [0.25, 0.3) is 0 Å². The van der Waals surface area contributed by atoms with Crippen LogP contribution in [0, 0.1) is 11.6 Å². The molecule has 0 bridgehead atoms. The molecule has 23 heavy (non-hydrogen) atoms. The van der Waals surface area contributed by atoms with Crippen LogP contribution in [0.2, 0.25) is 0 Å². The van der Waals surface area contributed by atoms with Crippen LogP contribution in [-0.2, 0) is 16.0 Å². The molecule has 0 saturated carbocycles. The fourth-order valence-electron chi connectivity index (χ4n) is 2.03. The molecule has 2 rings (SSSR count). The molecule has 120 valence electrons. The van der Waals surface area contributed by atoms with Gasteiger partial charge >= 0.3 is 5.97 Å². The number of methoxy groups -OCH3 is 1. The molecule has 1 atom stereocenters. The minimum Gasteiger partial charge on any atom is -0.467 e. The minimum atomic E-state index is -0.928. The highest BCUT2D eigenvalue weighted by molar-refractivity contribution is 5.96. The molecule has 0 unspecified atom stereocenters. The summed E-state index contributed by atoms with van der Waals surface area (Å²) < 4.78 is 30.5. The molecule has 0 aliphatic carbocycles. The maximum atomic E-state index is 12.9. The van der Waals surface area contributed by atoms with E-state index in [4.69, 9.17) is 0 Å². The Hall–Kier alpha value is -2.76. The number of amides is 1. The van der Waals surface area contributed by atoms with Gasteiger partial charge in [0.05, 0.1) is 7.11 Å². The highest BCUT2D eigenvalue weighted by atomic mass is 19.1. The molecule has 0 fully saturated rings. The first kappa shape index (κ1) is 16.6. The molecule has 6 heteroatoms. The van der Waals surface area contributed by atoms with Gasteiger partial charge in [0.1, 0.15) is 17.7 Å². The number of ether oxygens (including phenoxy) is 1. The Labute approximate surface area is 132 Å². The van der Waals surface area contributed by atoms with E-state index in [2.05, 4.69) is 10.1 Å². The van der Waals surface area contributed by atoms with E-state index in [1.807, 2.05) is 0 Å². The summed E-state index contributed by atoms with van der Waals surface area (Å²) in [6.45, 7) is 0. The van der Waals surface area contributed by atoms with E-state index in [0.717, 1.165) is 12.1 Å². The van der Waals surface area contributed by atoms with Crippen molar-refractivity contribution in [1.29, 1.82) is 0 Å². The zero-order chi connectivity index (χ0) is 16.8. The maximum absolute atomic E-state index is 12.9. The Balaban J connectivity index is 2.12. The molecular weight excluding hydrogens is 304 g/mol. The quantitative estimate of drug-likeness (QED) is 0.862. The molecule has 0 heterocycles. The van der Waals surface area contributed by atoms with Crippen molar-refractivity contribution in [2.45, 2.75) is 12.5 Å². The number of nitrogens with one attached hydrogen (secondary N) is 1. The monoisotopic (exact) mass is 319 g/mol. The normalized spacial score (nSPS) is 11.6. The molecule has 4 nitrogen and oxygen atoms in total. The van der Waals surface area contributed by atoms with Gasteiger partial charge in [0.2, 0.25) is 0 Å². The van der Waals surface area contributed by atoms with Crippen molar-refractivity contribution in [3.05, 3.63) is 71.3 Å². The van der Waals surface area contributed by atoms with Crippen LogP contribution in [0.15, 0.2) is 48.5 Å². The SMILES string of the molecule is COC(=O)[C@H](Cc1ccc(F)cc1)NC(=O)c1ccc(F)cc1. The number of benzene rings is 2. The number of esters is 1. The lowest BCUT2D eigenvalue weighted by atomic mass is 10.1. The van der Waals surface area contributed by atoms with Crippen molar-refractivity contribution in [1.82, 2.24) is 5.32 Å². The number of hydrogen-bond donors (Lipinski definition) is 1. The average Bonchev–Trinajstić information content (AvgIpc) is 2.56. The van der Waals surface area contributed by atoms with Gasteiger partial charge in [-0.15, -0.1) is 0 Å². The van der Waals surface area contributed by atoms with Gasteiger partial charge in [-0.1, -0.05) is 12.1 Å². The molecule has 1 N–H and O–H groups in total. The van der Waals surface area contributed by atoms with Gasteiger partial charge in [-0.25, -0.2) is 13.6 Å². The van der Waals surface area contributed by atoms with Crippen molar-refractivity contribution >= 4 is 11.9 Å². The number of rotatable bonds is 5. The molecule has 0 aromatic heterocycles. The van der Waals surface area contributed by atoms with Crippen molar-refractivity contribution in [2.24, 2.45) is 0 Å². The summed E-state index contributed by atoms with van der Waals surface area (Å²) in [4.78, 5) is 24.0. The number of halogens is 2. The second-order valence-electron chi connectivity index (χ2n) is 4.89. The zero-order valence-electron chi connectivity index (χ0n) is 12.4. The number of hydrogen-bond acceptors (Lipinski definition) is 3. The van der Waals surface area contributed by atoms with E-state index in [1.54, 1.807) is 0 Å². The topological polar surface area (TPSA) is 55.4 Å². The van der Waals surface area contributed by atoms with Gasteiger partial charge in [0.25, 0.3) is 5.91 Å². The molecule has 1 amide bonds. The average molecular weight is 319 g/mol. The van der Waals surface area contributed by atoms with Crippen LogP contribution in [0.5, 0.6) is 0 Å². The molecule has 2 aromatic carbocycles. The van der Waals surface area contributed by atoms with Crippen LogP contribution < -0.4 is 5.32 Å². The third kappa shape index (κ3) is 4.60. The zero-order valence-corrected chi connectivity index (χ0v) is 12.4. The lowest BCUT2D eigenvalue weighted by molar-refractivity contribution is -0.142. The Morgan fingerprint density at radius 3 is 2.04 bits per heavy atom. The summed E-state index contributed by atoms with van der Waals surface area (Å²) in [7, 11) is 1.21. The maximum Gasteiger partial charge on any atom is 0.328 e. The second-order valence-corrected chi connectivity index (χ2v) is 4.89. The van der Waals surface area contributed by atoms with Crippen LogP contribution >= 0.6 is 0 Å². The van der Waals surface area contributed by atoms with Crippen molar-refractivity contribution in [2.75, 3.05) is 7.11 Å². The highest BCUT2D eigenvalue weighted by Crippen LogP contribution is 2.09. The van der Waals surface area contributed by atoms with Crippen molar-refractivity contribution in [3.63, 3.8) is 0 Å². The number of carbonyl (C=O) groups is 2. The van der Waals surface area contributed by atoms with Gasteiger partial charge < -0.3 is 10.1 Å². The molecular formula is C17H15F2NO3. The predicted molar refractivity (Wildman–Crippen MR) is 79.8 cm³/mol. The second kappa shape index (κ2) is 7.49. The van der Waals surface area contributed by atoms with Crippen LogP contribution in [-0.4, -0.2) is 25.0 Å². The lowest BCUT2D eigenvalue weighted by Crippen LogP contribution is -2.43. The van der Waals surface area contributed by atoms with E-state index >= 15 is 0 Å². The van der Waals surface area contributed by atoms with Gasteiger partial charge in [-0.2, -0.15) is 0 Å². The van der Waals surface area contributed by atoms with Gasteiger partial charge in [-0.3, -0.25) is 4.79 Å². The lowest BCUT2D eigenvalue weighted by Gasteiger charge is -2.16. The van der Waals surface area contributed by atoms with E-state index in [-0.39, 0.29) is 12.0 Å². The Morgan fingerprint density at radius 1 is 1.00 bits per heavy atom. The van der Waals surface area contributed by atoms with E-state index in [0.29, 0.717) is 5.56 Å². The van der Waals surface area contributed by atoms with Crippen LogP contribution in [0.1, 0.15) is 15.9 Å². The van der Waals surface area contributed by atoms with Crippen LogP contribution in [0.4, 0.5) is 8.78 Å². The predicted octanol–water partition coefficient (Wildman–Crippen LogP) is 2.48. The number of carbonyl (C=O) groups excluding carboxylic acids is 2. The van der Waals surface area contributed by atoms with Gasteiger partial charge in [0.15, 0.2) is 0 Å². The fraction of sp³-hybridized carbons (Fsp3) is 0.176. The van der Waals surface area contributed by atoms with Gasteiger partial charge in [0, 0.05) is 12.0 Å². The summed E-state index contributed by atoms with van der Waals surface area (Å²) in [6.07, 6.45) is 0.153. The minimum absolute atomic E-state index is 0.153. The third-order valence-electron chi connectivity index (χ3n) is 3.25. The molecule has 0 radical (unpaired) electrons.